The highest BCUT2D eigenvalue weighted by atomic mass is 19.2. The lowest BCUT2D eigenvalue weighted by atomic mass is 10.0. The van der Waals surface area contributed by atoms with E-state index in [-0.39, 0.29) is 18.5 Å². The van der Waals surface area contributed by atoms with E-state index in [0.717, 1.165) is 12.1 Å². The Kier molecular flexibility index (Phi) is 3.50. The molecule has 3 nitrogen and oxygen atoms in total. The number of ether oxygens (including phenoxy) is 1. The second-order valence-electron chi connectivity index (χ2n) is 4.76. The quantitative estimate of drug-likeness (QED) is 0.831. The predicted molar refractivity (Wildman–Crippen MR) is 61.9 cm³/mol. The lowest BCUT2D eigenvalue weighted by Gasteiger charge is -2.24. The Labute approximate surface area is 104 Å². The number of carbonyl (C=O) groups excluding carboxylic acids is 1. The van der Waals surface area contributed by atoms with Crippen molar-refractivity contribution < 1.29 is 18.3 Å². The fraction of sp³-hybridized carbons (Fsp3) is 0.462. The van der Waals surface area contributed by atoms with Gasteiger partial charge in [0.25, 0.3) is 0 Å². The first-order chi connectivity index (χ1) is 8.49. The van der Waals surface area contributed by atoms with Gasteiger partial charge in [-0.15, -0.1) is 0 Å². The van der Waals surface area contributed by atoms with Gasteiger partial charge < -0.3 is 4.74 Å². The van der Waals surface area contributed by atoms with Gasteiger partial charge in [-0.1, -0.05) is 19.9 Å². The molecule has 0 unspecified atom stereocenters. The number of halogens is 2. The second-order valence-corrected chi connectivity index (χ2v) is 4.76. The third kappa shape index (κ3) is 2.44. The summed E-state index contributed by atoms with van der Waals surface area (Å²) in [6.45, 7) is 4.56. The summed E-state index contributed by atoms with van der Waals surface area (Å²) in [7, 11) is 0. The fourth-order valence-corrected chi connectivity index (χ4v) is 2.03. The van der Waals surface area contributed by atoms with E-state index in [1.807, 2.05) is 13.8 Å². The number of nitrogens with zero attached hydrogens (tertiary/aromatic N) is 1. The Balaban J connectivity index is 2.16. The minimum absolute atomic E-state index is 0.0226. The summed E-state index contributed by atoms with van der Waals surface area (Å²) in [6, 6.07) is 3.63. The minimum Gasteiger partial charge on any atom is -0.447 e. The summed E-state index contributed by atoms with van der Waals surface area (Å²) in [5, 5.41) is 0. The van der Waals surface area contributed by atoms with E-state index in [9.17, 15) is 13.6 Å². The van der Waals surface area contributed by atoms with Crippen LogP contribution < -0.4 is 0 Å². The number of hydrogen-bond donors (Lipinski definition) is 0. The molecule has 1 fully saturated rings. The molecule has 1 amide bonds. The summed E-state index contributed by atoms with van der Waals surface area (Å²) in [5.41, 5.74) is 0.554. The maximum Gasteiger partial charge on any atom is 0.410 e. The molecule has 0 aromatic heterocycles. The summed E-state index contributed by atoms with van der Waals surface area (Å²) in [5.74, 6) is -1.54. The van der Waals surface area contributed by atoms with Crippen LogP contribution in [0.2, 0.25) is 0 Å². The van der Waals surface area contributed by atoms with Crippen molar-refractivity contribution in [3.63, 3.8) is 0 Å². The van der Waals surface area contributed by atoms with Crippen LogP contribution in [0, 0.1) is 17.6 Å². The van der Waals surface area contributed by atoms with E-state index < -0.39 is 17.7 Å². The SMILES string of the molecule is CC(C)[C@H]1COC(=O)N1Cc1ccc(F)c(F)c1. The van der Waals surface area contributed by atoms with Gasteiger partial charge in [-0.3, -0.25) is 4.90 Å². The van der Waals surface area contributed by atoms with Crippen LogP contribution in [0.25, 0.3) is 0 Å². The molecule has 0 aliphatic carbocycles. The monoisotopic (exact) mass is 255 g/mol. The Morgan fingerprint density at radius 1 is 1.39 bits per heavy atom. The van der Waals surface area contributed by atoms with Crippen LogP contribution >= 0.6 is 0 Å². The fourth-order valence-electron chi connectivity index (χ4n) is 2.03. The van der Waals surface area contributed by atoms with Gasteiger partial charge in [0.1, 0.15) is 6.61 Å². The Bertz CT molecular complexity index is 462. The maximum atomic E-state index is 13.1. The van der Waals surface area contributed by atoms with Crippen molar-refractivity contribution in [2.45, 2.75) is 26.4 Å². The topological polar surface area (TPSA) is 29.5 Å². The number of cyclic esters (lactones) is 1. The van der Waals surface area contributed by atoms with E-state index in [4.69, 9.17) is 4.74 Å². The highest BCUT2D eigenvalue weighted by molar-refractivity contribution is 5.70. The summed E-state index contributed by atoms with van der Waals surface area (Å²) in [4.78, 5) is 13.1. The maximum absolute atomic E-state index is 13.1. The molecule has 0 spiro atoms. The van der Waals surface area contributed by atoms with Gasteiger partial charge in [0.15, 0.2) is 11.6 Å². The number of carbonyl (C=O) groups is 1. The zero-order valence-corrected chi connectivity index (χ0v) is 10.3. The van der Waals surface area contributed by atoms with Gasteiger partial charge in [0, 0.05) is 6.54 Å². The Morgan fingerprint density at radius 2 is 2.11 bits per heavy atom. The van der Waals surface area contributed by atoms with Crippen molar-refractivity contribution in [3.05, 3.63) is 35.4 Å². The van der Waals surface area contributed by atoms with Crippen LogP contribution in [-0.2, 0) is 11.3 Å². The van der Waals surface area contributed by atoms with Gasteiger partial charge >= 0.3 is 6.09 Å². The van der Waals surface area contributed by atoms with E-state index >= 15 is 0 Å². The van der Waals surface area contributed by atoms with Gasteiger partial charge in [-0.05, 0) is 23.6 Å². The van der Waals surface area contributed by atoms with Crippen molar-refractivity contribution in [1.82, 2.24) is 4.90 Å². The zero-order chi connectivity index (χ0) is 13.3. The normalized spacial score (nSPS) is 19.5. The molecule has 1 saturated heterocycles. The van der Waals surface area contributed by atoms with Crippen LogP contribution in [0.4, 0.5) is 13.6 Å². The molecular formula is C13H15F2NO2. The van der Waals surface area contributed by atoms with E-state index in [2.05, 4.69) is 0 Å². The average molecular weight is 255 g/mol. The van der Waals surface area contributed by atoms with Crippen LogP contribution in [0.5, 0.6) is 0 Å². The van der Waals surface area contributed by atoms with Crippen LogP contribution in [-0.4, -0.2) is 23.6 Å². The molecule has 1 aliphatic rings. The third-order valence-electron chi connectivity index (χ3n) is 3.12. The first-order valence-corrected chi connectivity index (χ1v) is 5.86. The lowest BCUT2D eigenvalue weighted by molar-refractivity contribution is 0.155. The van der Waals surface area contributed by atoms with E-state index in [1.165, 1.54) is 6.07 Å². The van der Waals surface area contributed by atoms with E-state index in [0.29, 0.717) is 12.2 Å². The summed E-state index contributed by atoms with van der Waals surface area (Å²) < 4.78 is 30.9. The highest BCUT2D eigenvalue weighted by Crippen LogP contribution is 2.22. The second kappa shape index (κ2) is 4.92. The number of amides is 1. The molecule has 0 bridgehead atoms. The van der Waals surface area contributed by atoms with Gasteiger partial charge in [0.2, 0.25) is 0 Å². The highest BCUT2D eigenvalue weighted by Gasteiger charge is 2.34. The molecule has 1 aromatic carbocycles. The van der Waals surface area contributed by atoms with Crippen LogP contribution in [0.1, 0.15) is 19.4 Å². The first-order valence-electron chi connectivity index (χ1n) is 5.86. The molecule has 1 aliphatic heterocycles. The van der Waals surface area contributed by atoms with Crippen molar-refractivity contribution in [1.29, 1.82) is 0 Å². The predicted octanol–water partition coefficient (Wildman–Crippen LogP) is 2.94. The van der Waals surface area contributed by atoms with Crippen LogP contribution in [0.15, 0.2) is 18.2 Å². The largest absolute Gasteiger partial charge is 0.447 e. The lowest BCUT2D eigenvalue weighted by Crippen LogP contribution is -2.36. The van der Waals surface area contributed by atoms with Crippen molar-refractivity contribution in [3.8, 4) is 0 Å². The van der Waals surface area contributed by atoms with Crippen LogP contribution in [0.3, 0.4) is 0 Å². The Morgan fingerprint density at radius 3 is 2.72 bits per heavy atom. The van der Waals surface area contributed by atoms with Crippen molar-refractivity contribution >= 4 is 6.09 Å². The smallest absolute Gasteiger partial charge is 0.410 e. The Hall–Kier alpha value is -1.65. The standard InChI is InChI=1S/C13H15F2NO2/c1-8(2)12-7-18-13(17)16(12)6-9-3-4-10(14)11(15)5-9/h3-5,8,12H,6-7H2,1-2H3/t12-/m1/s1. The molecule has 0 saturated carbocycles. The molecule has 98 valence electrons. The van der Waals surface area contributed by atoms with E-state index in [1.54, 1.807) is 4.90 Å². The molecule has 1 atom stereocenters. The molecular weight excluding hydrogens is 240 g/mol. The molecule has 18 heavy (non-hydrogen) atoms. The zero-order valence-electron chi connectivity index (χ0n) is 10.3. The number of rotatable bonds is 3. The molecule has 0 radical (unpaired) electrons. The number of benzene rings is 1. The average Bonchev–Trinajstić information content (AvgIpc) is 2.66. The first kappa shape index (κ1) is 12.8. The summed E-state index contributed by atoms with van der Waals surface area (Å²) in [6.07, 6.45) is -0.404. The third-order valence-corrected chi connectivity index (χ3v) is 3.12. The van der Waals surface area contributed by atoms with Gasteiger partial charge in [-0.2, -0.15) is 0 Å². The molecule has 0 N–H and O–H groups in total. The minimum atomic E-state index is -0.902. The summed E-state index contributed by atoms with van der Waals surface area (Å²) >= 11 is 0. The molecule has 1 heterocycles. The molecule has 2 rings (SSSR count). The molecule has 1 aromatic rings. The number of hydrogen-bond acceptors (Lipinski definition) is 2. The molecule has 5 heteroatoms. The van der Waals surface area contributed by atoms with Crippen molar-refractivity contribution in [2.24, 2.45) is 5.92 Å². The van der Waals surface area contributed by atoms with Gasteiger partial charge in [0.05, 0.1) is 6.04 Å². The van der Waals surface area contributed by atoms with Crippen molar-refractivity contribution in [2.75, 3.05) is 6.61 Å². The van der Waals surface area contributed by atoms with Gasteiger partial charge in [-0.25, -0.2) is 13.6 Å².